The van der Waals surface area contributed by atoms with Crippen molar-refractivity contribution in [3.8, 4) is 22.6 Å². The largest absolute Gasteiger partial charge is 0.505 e. The summed E-state index contributed by atoms with van der Waals surface area (Å²) in [5.74, 6) is -3.09. The van der Waals surface area contributed by atoms with Gasteiger partial charge >= 0.3 is 12.0 Å². The first kappa shape index (κ1) is 24.2. The topological polar surface area (TPSA) is 130 Å². The van der Waals surface area contributed by atoms with Gasteiger partial charge in [-0.05, 0) is 35.9 Å². The third-order valence-electron chi connectivity index (χ3n) is 5.02. The van der Waals surface area contributed by atoms with E-state index in [0.29, 0.717) is 6.07 Å². The number of benzene rings is 2. The Kier molecular flexibility index (Phi) is 7.15. The van der Waals surface area contributed by atoms with E-state index in [9.17, 15) is 33.4 Å². The molecular formula is C23H21F2N3O6. The number of halogens is 2. The molecule has 9 nitrogen and oxygen atoms in total. The lowest BCUT2D eigenvalue weighted by Crippen LogP contribution is -2.36. The van der Waals surface area contributed by atoms with Crippen molar-refractivity contribution in [1.82, 2.24) is 9.88 Å². The number of nitrogens with zero attached hydrogens (tertiary/aromatic N) is 1. The lowest BCUT2D eigenvalue weighted by atomic mass is 9.96. The molecule has 0 saturated heterocycles. The Morgan fingerprint density at radius 3 is 2.50 bits per heavy atom. The summed E-state index contributed by atoms with van der Waals surface area (Å²) in [4.78, 5) is 36.2. The van der Waals surface area contributed by atoms with Crippen molar-refractivity contribution in [3.63, 3.8) is 0 Å². The minimum Gasteiger partial charge on any atom is -0.505 e. The summed E-state index contributed by atoms with van der Waals surface area (Å²) in [6.07, 6.45) is 0.755. The highest BCUT2D eigenvalue weighted by Crippen LogP contribution is 2.35. The lowest BCUT2D eigenvalue weighted by Gasteiger charge is -2.20. The van der Waals surface area contributed by atoms with Crippen LogP contribution in [-0.4, -0.2) is 33.9 Å². The maximum absolute atomic E-state index is 14.4. The van der Waals surface area contributed by atoms with Gasteiger partial charge in [-0.1, -0.05) is 6.07 Å². The van der Waals surface area contributed by atoms with Gasteiger partial charge < -0.3 is 30.2 Å². The van der Waals surface area contributed by atoms with E-state index < -0.39 is 47.4 Å². The molecule has 3 rings (SSSR count). The summed E-state index contributed by atoms with van der Waals surface area (Å²) < 4.78 is 34.2. The lowest BCUT2D eigenvalue weighted by molar-refractivity contribution is -0.137. The van der Waals surface area contributed by atoms with Gasteiger partial charge in [0.05, 0.1) is 19.6 Å². The normalized spacial score (nSPS) is 11.5. The van der Waals surface area contributed by atoms with Crippen LogP contribution in [0.5, 0.6) is 11.5 Å². The average molecular weight is 473 g/mol. The van der Waals surface area contributed by atoms with Crippen molar-refractivity contribution in [2.24, 2.45) is 7.05 Å². The SMILES string of the molecule is COc1ccc(C(CC(=O)O)NC(=O)Nc2c(O)ccn(C)c2=O)cc1-c1ccc(F)cc1F. The van der Waals surface area contributed by atoms with Gasteiger partial charge in [0, 0.05) is 30.4 Å². The number of hydrogen-bond acceptors (Lipinski definition) is 5. The van der Waals surface area contributed by atoms with Crippen LogP contribution in [0.4, 0.5) is 19.3 Å². The Hall–Kier alpha value is -4.41. The Morgan fingerprint density at radius 2 is 1.85 bits per heavy atom. The molecule has 4 N–H and O–H groups in total. The Balaban J connectivity index is 1.97. The van der Waals surface area contributed by atoms with E-state index in [1.54, 1.807) is 0 Å². The van der Waals surface area contributed by atoms with Gasteiger partial charge in [-0.15, -0.1) is 0 Å². The van der Waals surface area contributed by atoms with Crippen molar-refractivity contribution < 1.29 is 33.3 Å². The van der Waals surface area contributed by atoms with Crippen LogP contribution in [0.2, 0.25) is 0 Å². The van der Waals surface area contributed by atoms with Crippen molar-refractivity contribution in [2.45, 2.75) is 12.5 Å². The molecule has 2 aromatic carbocycles. The van der Waals surface area contributed by atoms with Crippen LogP contribution >= 0.6 is 0 Å². The van der Waals surface area contributed by atoms with Crippen LogP contribution in [0.3, 0.4) is 0 Å². The first-order valence-electron chi connectivity index (χ1n) is 9.92. The number of aromatic nitrogens is 1. The van der Waals surface area contributed by atoms with E-state index >= 15 is 0 Å². The monoisotopic (exact) mass is 473 g/mol. The van der Waals surface area contributed by atoms with Crippen LogP contribution in [0.25, 0.3) is 11.1 Å². The van der Waals surface area contributed by atoms with Gasteiger partial charge in [0.15, 0.2) is 5.69 Å². The van der Waals surface area contributed by atoms with Gasteiger partial charge in [0.2, 0.25) is 0 Å². The fraction of sp³-hybridized carbons (Fsp3) is 0.174. The number of aliphatic carboxylic acids is 1. The molecule has 11 heteroatoms. The van der Waals surface area contributed by atoms with Crippen LogP contribution in [0.1, 0.15) is 18.0 Å². The number of nitrogens with one attached hydrogen (secondary N) is 2. The number of carbonyl (C=O) groups excluding carboxylic acids is 1. The van der Waals surface area contributed by atoms with Crippen LogP contribution < -0.4 is 20.9 Å². The summed E-state index contributed by atoms with van der Waals surface area (Å²) in [7, 11) is 2.78. The Bertz CT molecular complexity index is 1310. The molecule has 0 fully saturated rings. The zero-order valence-electron chi connectivity index (χ0n) is 18.1. The van der Waals surface area contributed by atoms with Crippen LogP contribution in [0.15, 0.2) is 53.5 Å². The smallest absolute Gasteiger partial charge is 0.319 e. The van der Waals surface area contributed by atoms with Gasteiger partial charge in [-0.3, -0.25) is 9.59 Å². The number of rotatable bonds is 7. The second-order valence-electron chi connectivity index (χ2n) is 7.32. The standard InChI is InChI=1S/C23H21F2N3O6/c1-28-8-7-18(29)21(22(28)32)27-23(33)26-17(11-20(30)31)12-3-6-19(34-2)15(9-12)14-5-4-13(24)10-16(14)25/h3-10,17,29H,11H2,1-2H3,(H,30,31)(H2,26,27,33). The van der Waals surface area contributed by atoms with Crippen LogP contribution in [0, 0.1) is 11.6 Å². The molecule has 1 aromatic heterocycles. The molecule has 0 aliphatic rings. The van der Waals surface area contributed by atoms with Crippen molar-refractivity contribution in [3.05, 3.63) is 76.2 Å². The fourth-order valence-corrected chi connectivity index (χ4v) is 3.33. The molecule has 178 valence electrons. The van der Waals surface area contributed by atoms with E-state index in [2.05, 4.69) is 10.6 Å². The predicted molar refractivity (Wildman–Crippen MR) is 119 cm³/mol. The fourth-order valence-electron chi connectivity index (χ4n) is 3.33. The first-order valence-corrected chi connectivity index (χ1v) is 9.92. The number of pyridine rings is 1. The number of carboxylic acids is 1. The number of aromatic hydroxyl groups is 1. The maximum Gasteiger partial charge on any atom is 0.319 e. The number of anilines is 1. The minimum absolute atomic E-state index is 0.0105. The quantitative estimate of drug-likeness (QED) is 0.416. The van der Waals surface area contributed by atoms with E-state index in [0.717, 1.165) is 10.6 Å². The van der Waals surface area contributed by atoms with Gasteiger partial charge in [-0.25, -0.2) is 13.6 Å². The number of urea groups is 1. The first-order chi connectivity index (χ1) is 16.1. The number of ether oxygens (including phenoxy) is 1. The Morgan fingerprint density at radius 1 is 1.12 bits per heavy atom. The molecule has 0 bridgehead atoms. The molecule has 0 aliphatic carbocycles. The summed E-state index contributed by atoms with van der Waals surface area (Å²) >= 11 is 0. The summed E-state index contributed by atoms with van der Waals surface area (Å²) in [6, 6.07) is 6.49. The molecular weight excluding hydrogens is 452 g/mol. The highest BCUT2D eigenvalue weighted by molar-refractivity contribution is 5.91. The third-order valence-corrected chi connectivity index (χ3v) is 5.02. The second-order valence-corrected chi connectivity index (χ2v) is 7.32. The molecule has 1 unspecified atom stereocenters. The molecule has 1 atom stereocenters. The molecule has 3 aromatic rings. The minimum atomic E-state index is -1.24. The summed E-state index contributed by atoms with van der Waals surface area (Å²) in [5, 5.41) is 23.9. The maximum atomic E-state index is 14.4. The van der Waals surface area contributed by atoms with Gasteiger partial charge in [0.25, 0.3) is 5.56 Å². The second kappa shape index (κ2) is 10.0. The number of aryl methyl sites for hydroxylation is 1. The molecule has 0 saturated carbocycles. The number of carboxylic acid groups (broad SMARTS) is 1. The van der Waals surface area contributed by atoms with Crippen molar-refractivity contribution in [1.29, 1.82) is 0 Å². The highest BCUT2D eigenvalue weighted by atomic mass is 19.1. The number of amides is 2. The summed E-state index contributed by atoms with van der Waals surface area (Å²) in [5.41, 5.74) is -0.563. The van der Waals surface area contributed by atoms with E-state index in [1.165, 1.54) is 50.7 Å². The molecule has 0 spiro atoms. The zero-order valence-corrected chi connectivity index (χ0v) is 18.1. The van der Waals surface area contributed by atoms with Gasteiger partial charge in [0.1, 0.15) is 23.1 Å². The number of methoxy groups -OCH3 is 1. The van der Waals surface area contributed by atoms with Crippen LogP contribution in [-0.2, 0) is 11.8 Å². The number of carbonyl (C=O) groups is 2. The highest BCUT2D eigenvalue weighted by Gasteiger charge is 2.22. The zero-order chi connectivity index (χ0) is 25.0. The average Bonchev–Trinajstić information content (AvgIpc) is 2.78. The van der Waals surface area contributed by atoms with E-state index in [-0.39, 0.29) is 28.1 Å². The van der Waals surface area contributed by atoms with E-state index in [4.69, 9.17) is 4.74 Å². The van der Waals surface area contributed by atoms with Gasteiger partial charge in [-0.2, -0.15) is 0 Å². The molecule has 1 heterocycles. The van der Waals surface area contributed by atoms with E-state index in [1.807, 2.05) is 0 Å². The van der Waals surface area contributed by atoms with Crippen molar-refractivity contribution in [2.75, 3.05) is 12.4 Å². The molecule has 0 radical (unpaired) electrons. The van der Waals surface area contributed by atoms with Crippen molar-refractivity contribution >= 4 is 17.7 Å². The molecule has 2 amide bonds. The molecule has 34 heavy (non-hydrogen) atoms. The predicted octanol–water partition coefficient (Wildman–Crippen LogP) is 3.38. The Labute approximate surface area is 192 Å². The summed E-state index contributed by atoms with van der Waals surface area (Å²) in [6.45, 7) is 0. The molecule has 0 aliphatic heterocycles. The third kappa shape index (κ3) is 5.31. The number of hydrogen-bond donors (Lipinski definition) is 4.